The fourth-order valence-corrected chi connectivity index (χ4v) is 5.30. The molecule has 2 atom stereocenters. The molecule has 3 rings (SSSR count). The number of thioether (sulfide) groups is 1. The molecule has 1 fully saturated rings. The first-order valence-electron chi connectivity index (χ1n) is 10.3. The smallest absolute Gasteiger partial charge is 0.352 e. The van der Waals surface area contributed by atoms with Gasteiger partial charge in [0.05, 0.1) is 20.6 Å². The lowest BCUT2D eigenvalue weighted by atomic mass is 10.0. The number of quaternary nitrogens is 1. The number of nitrogens with two attached hydrogens (primary N) is 2. The van der Waals surface area contributed by atoms with Crippen LogP contribution < -0.4 is 16.8 Å². The lowest BCUT2D eigenvalue weighted by molar-refractivity contribution is -0.876. The van der Waals surface area contributed by atoms with Crippen LogP contribution in [0.15, 0.2) is 28.6 Å². The molecule has 194 valence electrons. The summed E-state index contributed by atoms with van der Waals surface area (Å²) < 4.78 is 16.6. The summed E-state index contributed by atoms with van der Waals surface area (Å²) in [7, 11) is 3.59. The number of carbonyl (C=O) groups excluding carboxylic acids is 3. The number of hydrogen-bond donors (Lipinski definition) is 4. The molecule has 0 aromatic carbocycles. The number of carboxylic acids is 1. The van der Waals surface area contributed by atoms with Crippen LogP contribution in [0, 0.1) is 0 Å². The third kappa shape index (κ3) is 5.97. The molecule has 1 aromatic heterocycles. The number of anilines is 1. The van der Waals surface area contributed by atoms with Crippen LogP contribution in [-0.2, 0) is 24.0 Å². The number of hydrogen-bond acceptors (Lipinski definition) is 11. The highest BCUT2D eigenvalue weighted by molar-refractivity contribution is 8.00. The predicted octanol–water partition coefficient (Wildman–Crippen LogP) is -1.38. The molecule has 36 heavy (non-hydrogen) atoms. The maximum Gasteiger partial charge on any atom is 0.352 e. The van der Waals surface area contributed by atoms with Crippen molar-refractivity contribution in [3.8, 4) is 0 Å². The number of likely N-dealkylation sites (N-methyl/N-ethyl adjacent to an activating group) is 1. The van der Waals surface area contributed by atoms with Crippen LogP contribution in [0.4, 0.5) is 9.52 Å². The zero-order valence-electron chi connectivity index (χ0n) is 19.2. The van der Waals surface area contributed by atoms with Crippen molar-refractivity contribution in [2.75, 3.05) is 45.5 Å². The van der Waals surface area contributed by atoms with E-state index in [4.69, 9.17) is 11.5 Å². The maximum atomic E-state index is 12.9. The van der Waals surface area contributed by atoms with Crippen LogP contribution in [0.25, 0.3) is 0 Å². The Balaban J connectivity index is 1.76. The summed E-state index contributed by atoms with van der Waals surface area (Å²) in [5, 5.41) is 15.0. The number of aliphatic carboxylic acids is 1. The third-order valence-corrected chi connectivity index (χ3v) is 6.91. The molecule has 2 aliphatic rings. The Labute approximate surface area is 212 Å². The molecule has 3 heterocycles. The zero-order valence-corrected chi connectivity index (χ0v) is 20.8. The number of oxime groups is 1. The minimum atomic E-state index is -1.31. The Hall–Kier alpha value is -3.57. The highest BCUT2D eigenvalue weighted by Crippen LogP contribution is 2.40. The molecule has 3 amide bonds. The fourth-order valence-electron chi connectivity index (χ4n) is 3.55. The highest BCUT2D eigenvalue weighted by Gasteiger charge is 2.54. The van der Waals surface area contributed by atoms with Crippen molar-refractivity contribution in [2.24, 2.45) is 10.9 Å². The van der Waals surface area contributed by atoms with Crippen molar-refractivity contribution in [1.29, 1.82) is 0 Å². The molecule has 0 saturated carbocycles. The van der Waals surface area contributed by atoms with Gasteiger partial charge in [0.1, 0.15) is 17.1 Å². The summed E-state index contributed by atoms with van der Waals surface area (Å²) in [5.41, 5.74) is 10.5. The van der Waals surface area contributed by atoms with Crippen LogP contribution in [0.3, 0.4) is 0 Å². The Morgan fingerprint density at radius 3 is 2.72 bits per heavy atom. The Morgan fingerprint density at radius 2 is 2.14 bits per heavy atom. The number of carboxylic acid groups (broad SMARTS) is 1. The van der Waals surface area contributed by atoms with Crippen molar-refractivity contribution >= 4 is 57.8 Å². The van der Waals surface area contributed by atoms with Crippen LogP contribution >= 0.6 is 23.3 Å². The monoisotopic (exact) mass is 543 g/mol. The fraction of sp³-hybridized carbons (Fsp3) is 0.421. The lowest BCUT2D eigenvalue weighted by Crippen LogP contribution is -2.71. The molecule has 6 N–H and O–H groups in total. The largest absolute Gasteiger partial charge is 0.477 e. The number of nitrogens with one attached hydrogen (secondary N) is 1. The summed E-state index contributed by atoms with van der Waals surface area (Å²) >= 11 is 2.03. The topological polar surface area (TPSA) is 203 Å². The molecular weight excluding hydrogens is 519 g/mol. The minimum absolute atomic E-state index is 0.0353. The number of nitrogens with zero attached hydrogens (tertiary/aromatic N) is 5. The molecule has 0 aliphatic carbocycles. The average Bonchev–Trinajstić information content (AvgIpc) is 3.21. The standard InChI is InChI=1S/C19H23FN8O6S2/c1-28(2,6-10(21)29)5-3-4-9-7-35-17-12(16(31)27(17)13(9)18(32)33)23-15(30)11(25-34-8-20)14-24-19(22)36-26-14/h3-4,12,17H,5-8H2,1-2H3,(H5-,21,22,23,24,26,29,30,32,33)/p+1/b4-3+,25-11-/t12-,17-/m1/s1. The molecule has 1 aromatic rings. The van der Waals surface area contributed by atoms with Gasteiger partial charge >= 0.3 is 5.97 Å². The predicted molar refractivity (Wildman–Crippen MR) is 128 cm³/mol. The first-order valence-corrected chi connectivity index (χ1v) is 12.1. The number of alkyl halides is 1. The second-order valence-electron chi connectivity index (χ2n) is 8.32. The maximum absolute atomic E-state index is 12.9. The number of β-lactam (4-membered cyclic amide) rings is 1. The van der Waals surface area contributed by atoms with E-state index >= 15 is 0 Å². The van der Waals surface area contributed by atoms with E-state index in [1.54, 1.807) is 26.2 Å². The number of halogens is 1. The van der Waals surface area contributed by atoms with Gasteiger partial charge in [0.25, 0.3) is 24.6 Å². The number of primary amides is 1. The SMILES string of the molecule is C[N+](C)(C/C=C/C1=C(C(=O)O)N2C(=O)[C@@H](NC(=O)/C(=N\OCF)c3nsc(N)n3)[C@H]2SC1)CC(N)=O. The van der Waals surface area contributed by atoms with Crippen LogP contribution in [0.5, 0.6) is 0 Å². The number of aromatic nitrogens is 2. The number of fused-ring (bicyclic) bond motifs is 1. The van der Waals surface area contributed by atoms with Gasteiger partial charge in [-0.15, -0.1) is 11.8 Å². The van der Waals surface area contributed by atoms with Gasteiger partial charge < -0.3 is 31.2 Å². The Morgan fingerprint density at radius 1 is 1.42 bits per heavy atom. The summed E-state index contributed by atoms with van der Waals surface area (Å²) in [6.07, 6.45) is 3.32. The van der Waals surface area contributed by atoms with Crippen molar-refractivity contribution in [3.05, 3.63) is 29.2 Å². The molecule has 0 radical (unpaired) electrons. The van der Waals surface area contributed by atoms with E-state index in [0.717, 1.165) is 16.4 Å². The van der Waals surface area contributed by atoms with Crippen molar-refractivity contribution in [1.82, 2.24) is 19.6 Å². The Kier molecular flexibility index (Phi) is 8.26. The first kappa shape index (κ1) is 27.0. The normalized spacial score (nSPS) is 20.2. The number of amides is 3. The Bertz CT molecular complexity index is 1170. The van der Waals surface area contributed by atoms with Gasteiger partial charge in [-0.1, -0.05) is 11.2 Å². The van der Waals surface area contributed by atoms with Crippen LogP contribution in [0.2, 0.25) is 0 Å². The average molecular weight is 544 g/mol. The summed E-state index contributed by atoms with van der Waals surface area (Å²) in [5.74, 6) is -3.29. The van der Waals surface area contributed by atoms with Gasteiger partial charge in [-0.25, -0.2) is 9.18 Å². The summed E-state index contributed by atoms with van der Waals surface area (Å²) in [4.78, 5) is 58.1. The van der Waals surface area contributed by atoms with E-state index in [1.807, 2.05) is 0 Å². The summed E-state index contributed by atoms with van der Waals surface area (Å²) in [6, 6.07) is -1.07. The number of rotatable bonds is 11. The van der Waals surface area contributed by atoms with Crippen molar-refractivity contribution < 1.29 is 38.0 Å². The van der Waals surface area contributed by atoms with E-state index in [0.29, 0.717) is 12.1 Å². The molecule has 14 nitrogen and oxygen atoms in total. The molecule has 0 bridgehead atoms. The molecule has 17 heteroatoms. The first-order chi connectivity index (χ1) is 16.9. The molecular formula is C19H24FN8O6S2+. The second kappa shape index (κ2) is 11.0. The third-order valence-electron chi connectivity index (χ3n) is 5.06. The van der Waals surface area contributed by atoms with Gasteiger partial charge in [0, 0.05) is 17.3 Å². The van der Waals surface area contributed by atoms with Crippen molar-refractivity contribution in [3.63, 3.8) is 0 Å². The van der Waals surface area contributed by atoms with E-state index in [1.165, 1.54) is 11.8 Å². The number of allylic oxidation sites excluding steroid dienone is 1. The van der Waals surface area contributed by atoms with Crippen molar-refractivity contribution in [2.45, 2.75) is 11.4 Å². The second-order valence-corrected chi connectivity index (χ2v) is 10.2. The lowest BCUT2D eigenvalue weighted by Gasteiger charge is -2.49. The van der Waals surface area contributed by atoms with Gasteiger partial charge in [-0.05, 0) is 11.6 Å². The quantitative estimate of drug-likeness (QED) is 0.111. The number of nitrogen functional groups attached to an aromatic ring is 1. The van der Waals surface area contributed by atoms with E-state index in [2.05, 4.69) is 24.7 Å². The minimum Gasteiger partial charge on any atom is -0.477 e. The summed E-state index contributed by atoms with van der Waals surface area (Å²) in [6.45, 7) is -0.812. The van der Waals surface area contributed by atoms with Gasteiger partial charge in [0.2, 0.25) is 11.5 Å². The zero-order chi connectivity index (χ0) is 26.6. The highest BCUT2D eigenvalue weighted by atomic mass is 32.2. The van der Waals surface area contributed by atoms with E-state index in [9.17, 15) is 28.7 Å². The van der Waals surface area contributed by atoms with Gasteiger partial charge in [-0.2, -0.15) is 9.36 Å². The molecule has 1 saturated heterocycles. The van der Waals surface area contributed by atoms with E-state index < -0.39 is 47.7 Å². The van der Waals surface area contributed by atoms with Gasteiger partial charge in [0.15, 0.2) is 11.7 Å². The van der Waals surface area contributed by atoms with Crippen LogP contribution in [0.1, 0.15) is 5.82 Å². The van der Waals surface area contributed by atoms with E-state index in [-0.39, 0.29) is 33.4 Å². The molecule has 0 unspecified atom stereocenters. The molecule has 2 aliphatic heterocycles. The number of carbonyl (C=O) groups is 4. The van der Waals surface area contributed by atoms with Gasteiger partial charge in [-0.3, -0.25) is 19.3 Å². The molecule has 0 spiro atoms. The van der Waals surface area contributed by atoms with Crippen LogP contribution in [-0.4, -0.2) is 104 Å².